The molecular formula is C11H19NNa2O6S. The van der Waals surface area contributed by atoms with Crippen molar-refractivity contribution in [2.75, 3.05) is 19.3 Å². The number of aliphatic carboxylic acids is 1. The third-order valence-electron chi connectivity index (χ3n) is 2.62. The van der Waals surface area contributed by atoms with Gasteiger partial charge in [-0.15, -0.1) is 0 Å². The van der Waals surface area contributed by atoms with Gasteiger partial charge in [0, 0.05) is 26.0 Å². The molecule has 0 unspecified atom stereocenters. The summed E-state index contributed by atoms with van der Waals surface area (Å²) in [6.45, 7) is -0.102. The van der Waals surface area contributed by atoms with E-state index in [4.69, 9.17) is 0 Å². The van der Waals surface area contributed by atoms with Gasteiger partial charge in [0.15, 0.2) is 0 Å². The number of rotatable bonds is 10. The fraction of sp³-hybridized carbons (Fsp3) is 0.818. The molecule has 7 nitrogen and oxygen atoms in total. The van der Waals surface area contributed by atoms with Crippen molar-refractivity contribution < 1.29 is 86.8 Å². The number of unbranched alkanes of at least 4 members (excludes halogenated alkanes) is 3. The first kappa shape index (κ1) is 26.7. The van der Waals surface area contributed by atoms with Crippen molar-refractivity contribution in [3.8, 4) is 0 Å². The van der Waals surface area contributed by atoms with Crippen LogP contribution in [0.2, 0.25) is 0 Å². The SMILES string of the molecule is CN(CCS(=O)(=O)[O-])C(=O)CCCCCCC(=O)[O-].[Na+].[Na+]. The van der Waals surface area contributed by atoms with E-state index >= 15 is 0 Å². The molecule has 0 bridgehead atoms. The summed E-state index contributed by atoms with van der Waals surface area (Å²) >= 11 is 0. The summed E-state index contributed by atoms with van der Waals surface area (Å²) in [5, 5.41) is 10.1. The van der Waals surface area contributed by atoms with Crippen LogP contribution in [0.25, 0.3) is 0 Å². The average molecular weight is 339 g/mol. The van der Waals surface area contributed by atoms with Gasteiger partial charge in [-0.2, -0.15) is 0 Å². The number of carboxylic acid groups (broad SMARTS) is 1. The molecule has 10 heteroatoms. The van der Waals surface area contributed by atoms with Crippen LogP contribution in [0.15, 0.2) is 0 Å². The third-order valence-corrected chi connectivity index (χ3v) is 3.31. The zero-order valence-corrected chi connectivity index (χ0v) is 17.8. The van der Waals surface area contributed by atoms with Gasteiger partial charge in [-0.3, -0.25) is 4.79 Å². The number of hydrogen-bond acceptors (Lipinski definition) is 6. The zero-order chi connectivity index (χ0) is 14.9. The second kappa shape index (κ2) is 14.4. The first-order chi connectivity index (χ1) is 8.72. The minimum Gasteiger partial charge on any atom is -0.748 e. The third kappa shape index (κ3) is 18.8. The van der Waals surface area contributed by atoms with E-state index in [1.54, 1.807) is 0 Å². The Labute approximate surface area is 170 Å². The molecule has 112 valence electrons. The Bertz CT molecular complexity index is 402. The van der Waals surface area contributed by atoms with Crippen molar-refractivity contribution >= 4 is 22.0 Å². The van der Waals surface area contributed by atoms with Crippen LogP contribution in [0.3, 0.4) is 0 Å². The largest absolute Gasteiger partial charge is 1.00 e. The Balaban J connectivity index is -0.00000162. The molecule has 0 saturated carbocycles. The second-order valence-electron chi connectivity index (χ2n) is 4.36. The molecule has 0 aromatic carbocycles. The van der Waals surface area contributed by atoms with Crippen LogP contribution in [-0.4, -0.2) is 49.1 Å². The number of nitrogens with zero attached hydrogens (tertiary/aromatic N) is 1. The maximum Gasteiger partial charge on any atom is 1.00 e. The fourth-order valence-electron chi connectivity index (χ4n) is 1.46. The van der Waals surface area contributed by atoms with Gasteiger partial charge in [0.25, 0.3) is 0 Å². The van der Waals surface area contributed by atoms with Gasteiger partial charge in [-0.1, -0.05) is 12.8 Å². The number of hydrogen-bond donors (Lipinski definition) is 0. The predicted molar refractivity (Wildman–Crippen MR) is 64.9 cm³/mol. The summed E-state index contributed by atoms with van der Waals surface area (Å²) in [6.07, 6.45) is 2.86. The molecule has 1 amide bonds. The van der Waals surface area contributed by atoms with Crippen LogP contribution in [0.5, 0.6) is 0 Å². The normalized spacial score (nSPS) is 10.2. The number of carboxylic acids is 1. The standard InChI is InChI=1S/C11H21NO6S.2Na/c1-12(8-9-19(16,17)18)10(13)6-4-2-3-5-7-11(14)15;;/h2-9H2,1H3,(H,14,15)(H,16,17,18);;/q;2*+1/p-2. The molecule has 0 N–H and O–H groups in total. The topological polar surface area (TPSA) is 118 Å². The van der Waals surface area contributed by atoms with Gasteiger partial charge in [0.1, 0.15) is 0 Å². The molecule has 0 heterocycles. The van der Waals surface area contributed by atoms with Crippen LogP contribution < -0.4 is 64.2 Å². The van der Waals surface area contributed by atoms with E-state index in [9.17, 15) is 27.7 Å². The minimum atomic E-state index is -4.30. The minimum absolute atomic E-state index is 0. The Kier molecular flexibility index (Phi) is 18.4. The summed E-state index contributed by atoms with van der Waals surface area (Å²) in [7, 11) is -2.85. The zero-order valence-electron chi connectivity index (χ0n) is 13.0. The predicted octanol–water partition coefficient (Wildman–Crippen LogP) is -6.91. The van der Waals surface area contributed by atoms with Crippen molar-refractivity contribution in [2.24, 2.45) is 0 Å². The van der Waals surface area contributed by atoms with Gasteiger partial charge in [0.05, 0.1) is 15.9 Å². The van der Waals surface area contributed by atoms with E-state index < -0.39 is 21.8 Å². The van der Waals surface area contributed by atoms with E-state index in [-0.39, 0.29) is 84.4 Å². The Morgan fingerprint density at radius 3 is 1.90 bits per heavy atom. The van der Waals surface area contributed by atoms with Crippen molar-refractivity contribution in [2.45, 2.75) is 38.5 Å². The Morgan fingerprint density at radius 1 is 1.00 bits per heavy atom. The van der Waals surface area contributed by atoms with Crippen molar-refractivity contribution in [3.63, 3.8) is 0 Å². The van der Waals surface area contributed by atoms with Crippen LogP contribution in [0, 0.1) is 0 Å². The monoisotopic (exact) mass is 339 g/mol. The van der Waals surface area contributed by atoms with Gasteiger partial charge >= 0.3 is 59.1 Å². The van der Waals surface area contributed by atoms with Gasteiger partial charge in [-0.25, -0.2) is 8.42 Å². The molecule has 0 aromatic rings. The number of carbonyl (C=O) groups excluding carboxylic acids is 2. The number of carbonyl (C=O) groups is 2. The second-order valence-corrected chi connectivity index (χ2v) is 5.89. The van der Waals surface area contributed by atoms with Gasteiger partial charge in [0.2, 0.25) is 5.91 Å². The first-order valence-electron chi connectivity index (χ1n) is 6.10. The molecule has 0 rings (SSSR count). The van der Waals surface area contributed by atoms with Crippen LogP contribution in [0.4, 0.5) is 0 Å². The summed E-state index contributed by atoms with van der Waals surface area (Å²) in [6, 6.07) is 0. The molecule has 0 spiro atoms. The maximum absolute atomic E-state index is 11.5. The summed E-state index contributed by atoms with van der Waals surface area (Å²) in [4.78, 5) is 22.9. The van der Waals surface area contributed by atoms with Crippen molar-refractivity contribution in [1.82, 2.24) is 4.90 Å². The van der Waals surface area contributed by atoms with Crippen LogP contribution in [-0.2, 0) is 19.7 Å². The van der Waals surface area contributed by atoms with E-state index in [0.717, 1.165) is 6.42 Å². The molecule has 0 atom stereocenters. The molecule has 0 aromatic heterocycles. The van der Waals surface area contributed by atoms with E-state index in [0.29, 0.717) is 19.3 Å². The fourth-order valence-corrected chi connectivity index (χ4v) is 1.96. The van der Waals surface area contributed by atoms with E-state index in [1.807, 2.05) is 0 Å². The Morgan fingerprint density at radius 2 is 1.48 bits per heavy atom. The summed E-state index contributed by atoms with van der Waals surface area (Å²) in [5.74, 6) is -1.88. The molecular weight excluding hydrogens is 320 g/mol. The summed E-state index contributed by atoms with van der Waals surface area (Å²) < 4.78 is 31.2. The maximum atomic E-state index is 11.5. The first-order valence-corrected chi connectivity index (χ1v) is 7.67. The van der Waals surface area contributed by atoms with Crippen LogP contribution in [0.1, 0.15) is 38.5 Å². The molecule has 0 fully saturated rings. The van der Waals surface area contributed by atoms with Crippen molar-refractivity contribution in [1.29, 1.82) is 0 Å². The molecule has 0 saturated heterocycles. The van der Waals surface area contributed by atoms with Gasteiger partial charge in [-0.05, 0) is 19.3 Å². The molecule has 0 aliphatic carbocycles. The smallest absolute Gasteiger partial charge is 0.748 e. The average Bonchev–Trinajstić information content (AvgIpc) is 2.28. The van der Waals surface area contributed by atoms with Crippen molar-refractivity contribution in [3.05, 3.63) is 0 Å². The van der Waals surface area contributed by atoms with Crippen LogP contribution >= 0.6 is 0 Å². The number of amides is 1. The molecule has 0 aliphatic heterocycles. The quantitative estimate of drug-likeness (QED) is 0.222. The molecule has 0 aliphatic rings. The summed E-state index contributed by atoms with van der Waals surface area (Å²) in [5.41, 5.74) is 0. The van der Waals surface area contributed by atoms with Gasteiger partial charge < -0.3 is 19.4 Å². The molecule has 0 radical (unpaired) electrons. The molecule has 21 heavy (non-hydrogen) atoms. The Hall–Kier alpha value is 0.850. The van der Waals surface area contributed by atoms with E-state index in [1.165, 1.54) is 11.9 Å². The van der Waals surface area contributed by atoms with E-state index in [2.05, 4.69) is 0 Å².